The molecule has 0 radical (unpaired) electrons. The van der Waals surface area contributed by atoms with Gasteiger partial charge in [0.15, 0.2) is 0 Å². The van der Waals surface area contributed by atoms with Gasteiger partial charge in [-0.3, -0.25) is 4.98 Å². The summed E-state index contributed by atoms with van der Waals surface area (Å²) < 4.78 is 12.8. The van der Waals surface area contributed by atoms with Gasteiger partial charge >= 0.3 is 0 Å². The first-order valence-corrected chi connectivity index (χ1v) is 7.31. The van der Waals surface area contributed by atoms with Crippen molar-refractivity contribution in [2.75, 3.05) is 19.6 Å². The number of nitrogens with zero attached hydrogens (tertiary/aromatic N) is 2. The van der Waals surface area contributed by atoms with Gasteiger partial charge in [-0.2, -0.15) is 0 Å². The fourth-order valence-electron chi connectivity index (χ4n) is 2.89. The SMILES string of the molecule is CC(NCC1CCN(C2CC2)C1)c1ccc(F)cn1. The molecule has 1 aromatic heterocycles. The highest BCUT2D eigenvalue weighted by molar-refractivity contribution is 5.09. The average molecular weight is 263 g/mol. The highest BCUT2D eigenvalue weighted by Crippen LogP contribution is 2.31. The van der Waals surface area contributed by atoms with E-state index in [1.165, 1.54) is 44.6 Å². The fraction of sp³-hybridized carbons (Fsp3) is 0.667. The molecule has 19 heavy (non-hydrogen) atoms. The van der Waals surface area contributed by atoms with Crippen molar-refractivity contribution >= 4 is 0 Å². The molecule has 2 fully saturated rings. The van der Waals surface area contributed by atoms with E-state index in [2.05, 4.69) is 22.1 Å². The van der Waals surface area contributed by atoms with Crippen molar-refractivity contribution in [2.45, 2.75) is 38.3 Å². The lowest BCUT2D eigenvalue weighted by Crippen LogP contribution is -2.29. The Labute approximate surface area is 114 Å². The monoisotopic (exact) mass is 263 g/mol. The maximum atomic E-state index is 12.8. The van der Waals surface area contributed by atoms with E-state index < -0.39 is 0 Å². The van der Waals surface area contributed by atoms with Crippen LogP contribution in [0.3, 0.4) is 0 Å². The van der Waals surface area contributed by atoms with Crippen LogP contribution in [-0.2, 0) is 0 Å². The molecule has 2 unspecified atom stereocenters. The third-order valence-corrected chi connectivity index (χ3v) is 4.29. The van der Waals surface area contributed by atoms with Crippen molar-refractivity contribution < 1.29 is 4.39 Å². The molecule has 3 rings (SSSR count). The van der Waals surface area contributed by atoms with E-state index in [4.69, 9.17) is 0 Å². The van der Waals surface area contributed by atoms with Gasteiger partial charge in [-0.25, -0.2) is 4.39 Å². The summed E-state index contributed by atoms with van der Waals surface area (Å²) in [5, 5.41) is 3.53. The van der Waals surface area contributed by atoms with Gasteiger partial charge in [0.05, 0.1) is 11.9 Å². The molecule has 1 aromatic rings. The van der Waals surface area contributed by atoms with Crippen LogP contribution >= 0.6 is 0 Å². The van der Waals surface area contributed by atoms with Crippen LogP contribution in [0.4, 0.5) is 4.39 Å². The minimum absolute atomic E-state index is 0.190. The minimum Gasteiger partial charge on any atom is -0.309 e. The molecular formula is C15H22FN3. The Morgan fingerprint density at radius 2 is 2.26 bits per heavy atom. The van der Waals surface area contributed by atoms with Crippen LogP contribution in [0.15, 0.2) is 18.3 Å². The highest BCUT2D eigenvalue weighted by Gasteiger charge is 2.34. The Hall–Kier alpha value is -1.00. The predicted molar refractivity (Wildman–Crippen MR) is 73.3 cm³/mol. The molecule has 3 nitrogen and oxygen atoms in total. The zero-order chi connectivity index (χ0) is 13.2. The summed E-state index contributed by atoms with van der Waals surface area (Å²) in [6, 6.07) is 4.32. The standard InChI is InChI=1S/C15H22FN3/c1-11(15-5-2-13(16)9-18-15)17-8-12-6-7-19(10-12)14-3-4-14/h2,5,9,11-12,14,17H,3-4,6-8,10H2,1H3. The molecule has 1 saturated heterocycles. The molecule has 0 bridgehead atoms. The molecule has 1 aliphatic heterocycles. The lowest BCUT2D eigenvalue weighted by molar-refractivity contribution is 0.310. The molecule has 0 spiro atoms. The van der Waals surface area contributed by atoms with E-state index in [1.807, 2.05) is 0 Å². The molecule has 1 saturated carbocycles. The highest BCUT2D eigenvalue weighted by atomic mass is 19.1. The van der Waals surface area contributed by atoms with Crippen molar-refractivity contribution in [3.8, 4) is 0 Å². The van der Waals surface area contributed by atoms with Crippen molar-refractivity contribution in [3.63, 3.8) is 0 Å². The van der Waals surface area contributed by atoms with Crippen LogP contribution in [0, 0.1) is 11.7 Å². The lowest BCUT2D eigenvalue weighted by Gasteiger charge is -2.18. The molecule has 2 aliphatic rings. The Bertz CT molecular complexity index is 416. The maximum absolute atomic E-state index is 12.8. The second-order valence-electron chi connectivity index (χ2n) is 5.91. The van der Waals surface area contributed by atoms with Gasteiger partial charge < -0.3 is 10.2 Å². The van der Waals surface area contributed by atoms with E-state index in [1.54, 1.807) is 6.07 Å². The molecule has 2 atom stereocenters. The first-order valence-electron chi connectivity index (χ1n) is 7.31. The molecule has 104 valence electrons. The van der Waals surface area contributed by atoms with Gasteiger partial charge in [-0.05, 0) is 57.3 Å². The zero-order valence-electron chi connectivity index (χ0n) is 11.5. The Kier molecular flexibility index (Phi) is 3.80. The van der Waals surface area contributed by atoms with Gasteiger partial charge in [0.2, 0.25) is 0 Å². The molecular weight excluding hydrogens is 241 g/mol. The van der Waals surface area contributed by atoms with Crippen LogP contribution in [0.25, 0.3) is 0 Å². The molecule has 0 aromatic carbocycles. The maximum Gasteiger partial charge on any atom is 0.141 e. The van der Waals surface area contributed by atoms with Gasteiger partial charge in [-0.1, -0.05) is 0 Å². The summed E-state index contributed by atoms with van der Waals surface area (Å²) in [5.41, 5.74) is 0.915. The van der Waals surface area contributed by atoms with Crippen molar-refractivity contribution in [3.05, 3.63) is 29.8 Å². The Morgan fingerprint density at radius 1 is 1.42 bits per heavy atom. The number of rotatable bonds is 5. The summed E-state index contributed by atoms with van der Waals surface area (Å²) in [6.45, 7) is 5.62. The van der Waals surface area contributed by atoms with Crippen LogP contribution < -0.4 is 5.32 Å². The third kappa shape index (κ3) is 3.31. The summed E-state index contributed by atoms with van der Waals surface area (Å²) in [5.74, 6) is 0.482. The summed E-state index contributed by atoms with van der Waals surface area (Å²) >= 11 is 0. The number of likely N-dealkylation sites (tertiary alicyclic amines) is 1. The number of hydrogen-bond donors (Lipinski definition) is 1. The normalized spacial score (nSPS) is 25.7. The van der Waals surface area contributed by atoms with Gasteiger partial charge in [0, 0.05) is 18.6 Å². The summed E-state index contributed by atoms with van der Waals surface area (Å²) in [7, 11) is 0. The van der Waals surface area contributed by atoms with E-state index in [0.29, 0.717) is 0 Å². The van der Waals surface area contributed by atoms with E-state index >= 15 is 0 Å². The first kappa shape index (κ1) is 13.0. The molecule has 4 heteroatoms. The van der Waals surface area contributed by atoms with Crippen molar-refractivity contribution in [1.82, 2.24) is 15.2 Å². The summed E-state index contributed by atoms with van der Waals surface area (Å²) in [6.07, 6.45) is 5.39. The van der Waals surface area contributed by atoms with Gasteiger partial charge in [0.25, 0.3) is 0 Å². The Morgan fingerprint density at radius 3 is 2.95 bits per heavy atom. The van der Waals surface area contributed by atoms with Crippen LogP contribution in [0.5, 0.6) is 0 Å². The van der Waals surface area contributed by atoms with E-state index in [-0.39, 0.29) is 11.9 Å². The van der Waals surface area contributed by atoms with Crippen molar-refractivity contribution in [2.24, 2.45) is 5.92 Å². The fourth-order valence-corrected chi connectivity index (χ4v) is 2.89. The Balaban J connectivity index is 1.45. The first-order chi connectivity index (χ1) is 9.22. The van der Waals surface area contributed by atoms with Crippen LogP contribution in [0.1, 0.15) is 37.9 Å². The number of aromatic nitrogens is 1. The quantitative estimate of drug-likeness (QED) is 0.884. The van der Waals surface area contributed by atoms with E-state index in [9.17, 15) is 4.39 Å². The number of nitrogens with one attached hydrogen (secondary N) is 1. The molecule has 1 N–H and O–H groups in total. The largest absolute Gasteiger partial charge is 0.309 e. The topological polar surface area (TPSA) is 28.2 Å². The van der Waals surface area contributed by atoms with Gasteiger partial charge in [-0.15, -0.1) is 0 Å². The van der Waals surface area contributed by atoms with Crippen LogP contribution in [-0.4, -0.2) is 35.6 Å². The van der Waals surface area contributed by atoms with Crippen molar-refractivity contribution in [1.29, 1.82) is 0 Å². The number of hydrogen-bond acceptors (Lipinski definition) is 3. The average Bonchev–Trinajstić information content (AvgIpc) is 3.16. The second kappa shape index (κ2) is 5.55. The summed E-state index contributed by atoms with van der Waals surface area (Å²) in [4.78, 5) is 6.76. The smallest absolute Gasteiger partial charge is 0.141 e. The molecule has 2 heterocycles. The third-order valence-electron chi connectivity index (χ3n) is 4.29. The van der Waals surface area contributed by atoms with E-state index in [0.717, 1.165) is 24.2 Å². The lowest BCUT2D eigenvalue weighted by atomic mass is 10.1. The number of halogens is 1. The second-order valence-corrected chi connectivity index (χ2v) is 5.91. The predicted octanol–water partition coefficient (Wildman–Crippen LogP) is 2.36. The van der Waals surface area contributed by atoms with Crippen LogP contribution in [0.2, 0.25) is 0 Å². The zero-order valence-corrected chi connectivity index (χ0v) is 11.5. The minimum atomic E-state index is -0.271. The van der Waals surface area contributed by atoms with Gasteiger partial charge in [0.1, 0.15) is 5.82 Å². The number of pyridine rings is 1. The molecule has 1 aliphatic carbocycles. The molecule has 0 amide bonds.